The van der Waals surface area contributed by atoms with Crippen LogP contribution in [0.5, 0.6) is 0 Å². The highest BCUT2D eigenvalue weighted by Gasteiger charge is 2.42. The molecule has 0 aromatic rings. The Morgan fingerprint density at radius 3 is 1.12 bits per heavy atom. The van der Waals surface area contributed by atoms with Crippen LogP contribution >= 0.6 is 0 Å². The predicted octanol–water partition coefficient (Wildman–Crippen LogP) is 6.83. The number of unbranched alkanes of at least 4 members (excludes halogenated alkanes) is 9. The molecule has 0 rings (SSSR count). The van der Waals surface area contributed by atoms with Gasteiger partial charge in [-0.05, 0) is 47.0 Å². The molecule has 6 atom stereocenters. The van der Waals surface area contributed by atoms with E-state index in [9.17, 15) is 33.9 Å². The Hall–Kier alpha value is -2.02. The third-order valence-electron chi connectivity index (χ3n) is 8.47. The zero-order valence-corrected chi connectivity index (χ0v) is 27.0. The van der Waals surface area contributed by atoms with Gasteiger partial charge in [0.2, 0.25) is 0 Å². The lowest BCUT2D eigenvalue weighted by molar-refractivity contribution is -0.144. The van der Waals surface area contributed by atoms with Crippen molar-refractivity contribution in [1.29, 1.82) is 0 Å². The molecule has 0 heterocycles. The zero-order valence-electron chi connectivity index (χ0n) is 27.0. The quantitative estimate of drug-likeness (QED) is 0.0881. The maximum Gasteiger partial charge on any atom is 0.171 e. The van der Waals surface area contributed by atoms with E-state index < -0.39 is 64.6 Å². The van der Waals surface area contributed by atoms with Crippen molar-refractivity contribution < 1.29 is 33.9 Å². The van der Waals surface area contributed by atoms with Gasteiger partial charge in [-0.2, -0.15) is 0 Å². The Morgan fingerprint density at radius 2 is 0.780 bits per heavy atom. The van der Waals surface area contributed by atoms with Crippen LogP contribution in [0.4, 0.5) is 0 Å². The molecule has 6 unspecified atom stereocenters. The fourth-order valence-electron chi connectivity index (χ4n) is 5.28. The van der Waals surface area contributed by atoms with Crippen LogP contribution in [0.15, 0.2) is 0 Å². The molecule has 0 aliphatic carbocycles. The van der Waals surface area contributed by atoms with Crippen LogP contribution in [0.1, 0.15) is 145 Å². The average molecular weight is 579 g/mol. The summed E-state index contributed by atoms with van der Waals surface area (Å²) >= 11 is 0. The van der Waals surface area contributed by atoms with Gasteiger partial charge in [-0.3, -0.25) is 28.8 Å². The lowest BCUT2D eigenvalue weighted by Gasteiger charge is -2.25. The number of ketones is 6. The molecular formula is C34H58O7. The Labute approximate surface area is 249 Å². The summed E-state index contributed by atoms with van der Waals surface area (Å²) in [5, 5.41) is 10.4. The molecule has 0 aromatic carbocycles. The van der Waals surface area contributed by atoms with Gasteiger partial charge in [0.1, 0.15) is 11.9 Å². The molecule has 0 saturated heterocycles. The van der Waals surface area contributed by atoms with E-state index in [1.54, 1.807) is 0 Å². The summed E-state index contributed by atoms with van der Waals surface area (Å²) in [4.78, 5) is 79.0. The van der Waals surface area contributed by atoms with E-state index in [0.717, 1.165) is 57.8 Å². The van der Waals surface area contributed by atoms with Gasteiger partial charge in [-0.25, -0.2) is 0 Å². The molecule has 0 amide bonds. The second kappa shape index (κ2) is 21.6. The topological polar surface area (TPSA) is 123 Å². The van der Waals surface area contributed by atoms with Crippen molar-refractivity contribution >= 4 is 34.7 Å². The molecule has 41 heavy (non-hydrogen) atoms. The Balaban J connectivity index is 5.92. The largest absolute Gasteiger partial charge is 0.385 e. The fourth-order valence-corrected chi connectivity index (χ4v) is 5.28. The van der Waals surface area contributed by atoms with Crippen LogP contribution in [-0.4, -0.2) is 45.9 Å². The first-order valence-electron chi connectivity index (χ1n) is 16.2. The number of Topliss-reactive ketones (excluding diaryl/α,β-unsaturated/α-hetero) is 6. The monoisotopic (exact) mass is 578 g/mol. The Bertz CT molecular complexity index is 846. The van der Waals surface area contributed by atoms with E-state index in [-0.39, 0.29) is 25.0 Å². The number of carbonyl (C=O) groups excluding carboxylic acids is 6. The second-order valence-corrected chi connectivity index (χ2v) is 12.0. The molecule has 0 bridgehead atoms. The highest BCUT2D eigenvalue weighted by molar-refractivity contribution is 6.20. The van der Waals surface area contributed by atoms with E-state index in [1.165, 1.54) is 27.7 Å². The molecule has 0 aliphatic heterocycles. The highest BCUT2D eigenvalue weighted by atomic mass is 16.3. The number of aliphatic hydroxyl groups excluding tert-OH is 1. The van der Waals surface area contributed by atoms with Crippen molar-refractivity contribution in [3.05, 3.63) is 0 Å². The molecule has 0 aliphatic rings. The smallest absolute Gasteiger partial charge is 0.171 e. The first kappa shape index (κ1) is 39.0. The summed E-state index contributed by atoms with van der Waals surface area (Å²) in [6, 6.07) is 0. The first-order chi connectivity index (χ1) is 19.4. The molecular weight excluding hydrogens is 520 g/mol. The van der Waals surface area contributed by atoms with E-state index in [2.05, 4.69) is 20.8 Å². The summed E-state index contributed by atoms with van der Waals surface area (Å²) in [6.45, 7) is 11.9. The average Bonchev–Trinajstić information content (AvgIpc) is 2.96. The van der Waals surface area contributed by atoms with Crippen molar-refractivity contribution in [1.82, 2.24) is 0 Å². The van der Waals surface area contributed by atoms with Crippen LogP contribution in [0.25, 0.3) is 0 Å². The van der Waals surface area contributed by atoms with E-state index >= 15 is 0 Å². The summed E-state index contributed by atoms with van der Waals surface area (Å²) in [5.41, 5.74) is 0. The SMILES string of the molecule is CCCCCCC(O)C(=O)C(C)C(=O)C(CCCCCC)C(=O)C(C)C(=O)C(CCCCCC)C(=O)C(C)C(C)=O. The second-order valence-electron chi connectivity index (χ2n) is 12.0. The summed E-state index contributed by atoms with van der Waals surface area (Å²) in [5.74, 6) is -8.63. The third-order valence-corrected chi connectivity index (χ3v) is 8.47. The molecule has 1 N–H and O–H groups in total. The third kappa shape index (κ3) is 13.7. The molecule has 7 nitrogen and oxygen atoms in total. The van der Waals surface area contributed by atoms with Crippen LogP contribution in [0.2, 0.25) is 0 Å². The number of carbonyl (C=O) groups is 6. The number of rotatable bonds is 26. The van der Waals surface area contributed by atoms with Crippen molar-refractivity contribution in [2.75, 3.05) is 0 Å². The molecule has 0 radical (unpaired) electrons. The van der Waals surface area contributed by atoms with Crippen molar-refractivity contribution in [3.63, 3.8) is 0 Å². The van der Waals surface area contributed by atoms with Gasteiger partial charge >= 0.3 is 0 Å². The van der Waals surface area contributed by atoms with Crippen LogP contribution in [0, 0.1) is 29.6 Å². The fraction of sp³-hybridized carbons (Fsp3) is 0.824. The maximum atomic E-state index is 13.7. The van der Waals surface area contributed by atoms with Crippen LogP contribution in [-0.2, 0) is 28.8 Å². The summed E-state index contributed by atoms with van der Waals surface area (Å²) in [6.07, 6.45) is 9.81. The van der Waals surface area contributed by atoms with Gasteiger partial charge in [0.15, 0.2) is 28.9 Å². The van der Waals surface area contributed by atoms with Gasteiger partial charge in [-0.1, -0.05) is 97.8 Å². The van der Waals surface area contributed by atoms with Gasteiger partial charge in [0, 0.05) is 0 Å². The number of hydrogen-bond donors (Lipinski definition) is 1. The van der Waals surface area contributed by atoms with Crippen molar-refractivity contribution in [2.45, 2.75) is 151 Å². The van der Waals surface area contributed by atoms with Gasteiger partial charge in [-0.15, -0.1) is 0 Å². The minimum Gasteiger partial charge on any atom is -0.385 e. The van der Waals surface area contributed by atoms with Gasteiger partial charge in [0.05, 0.1) is 29.6 Å². The molecule has 7 heteroatoms. The summed E-state index contributed by atoms with van der Waals surface area (Å²) in [7, 11) is 0. The predicted molar refractivity (Wildman–Crippen MR) is 162 cm³/mol. The first-order valence-corrected chi connectivity index (χ1v) is 16.2. The lowest BCUT2D eigenvalue weighted by Crippen LogP contribution is -2.42. The molecule has 0 aromatic heterocycles. The normalized spacial score (nSPS) is 15.8. The number of hydrogen-bond acceptors (Lipinski definition) is 7. The molecule has 0 fully saturated rings. The Morgan fingerprint density at radius 1 is 0.463 bits per heavy atom. The standard InChI is InChI=1S/C34H58O7/c1-8-11-14-17-20-27(30(37)23(4)26(7)35)31(38)24(5)32(39)28(21-18-15-12-9-2)33(40)25(6)34(41)29(36)22-19-16-13-10-3/h23-25,27-29,36H,8-22H2,1-7H3. The van der Waals surface area contributed by atoms with Gasteiger partial charge in [0.25, 0.3) is 0 Å². The zero-order chi connectivity index (χ0) is 31.5. The number of aliphatic hydroxyl groups is 1. The highest BCUT2D eigenvalue weighted by Crippen LogP contribution is 2.27. The Kier molecular flexibility index (Phi) is 20.6. The minimum atomic E-state index is -1.26. The van der Waals surface area contributed by atoms with E-state index in [0.29, 0.717) is 19.3 Å². The minimum absolute atomic E-state index is 0.221. The maximum absolute atomic E-state index is 13.7. The van der Waals surface area contributed by atoms with Crippen molar-refractivity contribution in [3.8, 4) is 0 Å². The van der Waals surface area contributed by atoms with Gasteiger partial charge < -0.3 is 5.11 Å². The van der Waals surface area contributed by atoms with Crippen molar-refractivity contribution in [2.24, 2.45) is 29.6 Å². The molecule has 0 spiro atoms. The van der Waals surface area contributed by atoms with E-state index in [4.69, 9.17) is 0 Å². The van der Waals surface area contributed by atoms with Crippen LogP contribution < -0.4 is 0 Å². The van der Waals surface area contributed by atoms with E-state index in [1.807, 2.05) is 0 Å². The molecule has 0 saturated carbocycles. The molecule has 236 valence electrons. The summed E-state index contributed by atoms with van der Waals surface area (Å²) < 4.78 is 0. The lowest BCUT2D eigenvalue weighted by atomic mass is 9.75. The van der Waals surface area contributed by atoms with Crippen LogP contribution in [0.3, 0.4) is 0 Å².